The number of rotatable bonds is 2. The molecule has 0 aliphatic heterocycles. The van der Waals surface area contributed by atoms with Crippen molar-refractivity contribution in [2.45, 2.75) is 6.92 Å². The van der Waals surface area contributed by atoms with Gasteiger partial charge in [0.2, 0.25) is 0 Å². The molecule has 4 aromatic rings. The van der Waals surface area contributed by atoms with E-state index in [1.807, 2.05) is 41.8 Å². The zero-order valence-electron chi connectivity index (χ0n) is 12.9. The first kappa shape index (κ1) is 15.0. The Bertz CT molecular complexity index is 1020. The molecule has 0 N–H and O–H groups in total. The van der Waals surface area contributed by atoms with E-state index in [-0.39, 0.29) is 5.82 Å². The average Bonchev–Trinajstić information content (AvgIpc) is 2.92. The Morgan fingerprint density at radius 1 is 0.917 bits per heavy atom. The van der Waals surface area contributed by atoms with Crippen molar-refractivity contribution in [3.63, 3.8) is 0 Å². The van der Waals surface area contributed by atoms with Crippen LogP contribution in [0.2, 0.25) is 0 Å². The number of benzene rings is 2. The van der Waals surface area contributed by atoms with E-state index in [0.717, 1.165) is 38.2 Å². The van der Waals surface area contributed by atoms with Gasteiger partial charge in [0.05, 0.1) is 11.4 Å². The Kier molecular flexibility index (Phi) is 3.65. The highest BCUT2D eigenvalue weighted by Crippen LogP contribution is 2.30. The van der Waals surface area contributed by atoms with Crippen LogP contribution in [-0.4, -0.2) is 14.6 Å². The highest BCUT2D eigenvalue weighted by molar-refractivity contribution is 9.10. The highest BCUT2D eigenvalue weighted by Gasteiger charge is 2.15. The fourth-order valence-electron chi connectivity index (χ4n) is 2.85. The molecule has 0 unspecified atom stereocenters. The average molecular weight is 382 g/mol. The molecule has 2 aromatic heterocycles. The van der Waals surface area contributed by atoms with Gasteiger partial charge in [0.15, 0.2) is 5.65 Å². The molecule has 2 heterocycles. The number of nitrogens with zero attached hydrogens (tertiary/aromatic N) is 3. The van der Waals surface area contributed by atoms with E-state index in [4.69, 9.17) is 0 Å². The third kappa shape index (κ3) is 2.51. The lowest BCUT2D eigenvalue weighted by atomic mass is 10.1. The molecule has 118 valence electrons. The first-order valence-electron chi connectivity index (χ1n) is 7.50. The van der Waals surface area contributed by atoms with E-state index < -0.39 is 0 Å². The number of hydrogen-bond acceptors (Lipinski definition) is 2. The Morgan fingerprint density at radius 3 is 2.29 bits per heavy atom. The van der Waals surface area contributed by atoms with Crippen LogP contribution in [0.25, 0.3) is 28.0 Å². The number of hydrogen-bond donors (Lipinski definition) is 0. The molecule has 5 heteroatoms. The van der Waals surface area contributed by atoms with Crippen molar-refractivity contribution < 1.29 is 4.39 Å². The summed E-state index contributed by atoms with van der Waals surface area (Å²) in [5.74, 6) is -0.253. The van der Waals surface area contributed by atoms with Gasteiger partial charge >= 0.3 is 0 Å². The largest absolute Gasteiger partial charge is 0.236 e. The fraction of sp³-hybridized carbons (Fsp3) is 0.0526. The predicted molar refractivity (Wildman–Crippen MR) is 96.3 cm³/mol. The topological polar surface area (TPSA) is 30.2 Å². The molecule has 0 radical (unpaired) electrons. The Labute approximate surface area is 146 Å². The molecule has 3 nitrogen and oxygen atoms in total. The standard InChI is InChI=1S/C19H13BrFN3/c1-12-18(14-4-8-16(21)9-5-14)19-22-11-10-17(24(19)23-12)13-2-6-15(20)7-3-13/h2-11H,1H3. The molecule has 0 aliphatic rings. The fourth-order valence-corrected chi connectivity index (χ4v) is 3.11. The van der Waals surface area contributed by atoms with E-state index in [9.17, 15) is 4.39 Å². The summed E-state index contributed by atoms with van der Waals surface area (Å²) in [6.07, 6.45) is 1.78. The zero-order valence-corrected chi connectivity index (χ0v) is 14.5. The van der Waals surface area contributed by atoms with Crippen LogP contribution in [0.3, 0.4) is 0 Å². The minimum Gasteiger partial charge on any atom is -0.236 e. The van der Waals surface area contributed by atoms with Crippen molar-refractivity contribution in [1.29, 1.82) is 0 Å². The van der Waals surface area contributed by atoms with Crippen LogP contribution in [0.5, 0.6) is 0 Å². The SMILES string of the molecule is Cc1nn2c(-c3ccc(Br)cc3)ccnc2c1-c1ccc(F)cc1. The summed E-state index contributed by atoms with van der Waals surface area (Å²) in [6, 6.07) is 16.4. The van der Waals surface area contributed by atoms with Gasteiger partial charge in [-0.05, 0) is 42.8 Å². The van der Waals surface area contributed by atoms with Crippen LogP contribution in [0, 0.1) is 12.7 Å². The van der Waals surface area contributed by atoms with Gasteiger partial charge in [0, 0.05) is 21.8 Å². The molecule has 24 heavy (non-hydrogen) atoms. The van der Waals surface area contributed by atoms with Crippen molar-refractivity contribution in [2.75, 3.05) is 0 Å². The van der Waals surface area contributed by atoms with E-state index in [1.54, 1.807) is 18.3 Å². The van der Waals surface area contributed by atoms with E-state index >= 15 is 0 Å². The zero-order chi connectivity index (χ0) is 16.7. The Morgan fingerprint density at radius 2 is 1.58 bits per heavy atom. The van der Waals surface area contributed by atoms with E-state index in [2.05, 4.69) is 26.0 Å². The molecule has 0 spiro atoms. The highest BCUT2D eigenvalue weighted by atomic mass is 79.9. The lowest BCUT2D eigenvalue weighted by Crippen LogP contribution is -1.95. The molecule has 2 aromatic carbocycles. The van der Waals surface area contributed by atoms with Crippen molar-refractivity contribution >= 4 is 21.6 Å². The van der Waals surface area contributed by atoms with Gasteiger partial charge in [-0.2, -0.15) is 5.10 Å². The Balaban J connectivity index is 1.95. The van der Waals surface area contributed by atoms with Crippen LogP contribution in [0.15, 0.2) is 65.3 Å². The van der Waals surface area contributed by atoms with Gasteiger partial charge in [-0.1, -0.05) is 40.2 Å². The molecule has 0 saturated carbocycles. The van der Waals surface area contributed by atoms with Crippen molar-refractivity contribution in [2.24, 2.45) is 0 Å². The quantitative estimate of drug-likeness (QED) is 0.473. The van der Waals surface area contributed by atoms with E-state index in [0.29, 0.717) is 0 Å². The second-order valence-electron chi connectivity index (χ2n) is 5.54. The van der Waals surface area contributed by atoms with Gasteiger partial charge in [0.1, 0.15) is 5.82 Å². The third-order valence-electron chi connectivity index (χ3n) is 3.97. The van der Waals surface area contributed by atoms with Gasteiger partial charge in [0.25, 0.3) is 0 Å². The molecule has 0 bridgehead atoms. The van der Waals surface area contributed by atoms with Gasteiger partial charge in [-0.15, -0.1) is 0 Å². The number of aromatic nitrogens is 3. The maximum Gasteiger partial charge on any atom is 0.163 e. The second kappa shape index (κ2) is 5.83. The Hall–Kier alpha value is -2.53. The molecular weight excluding hydrogens is 369 g/mol. The predicted octanol–water partition coefficient (Wildman–Crippen LogP) is 5.27. The van der Waals surface area contributed by atoms with Crippen LogP contribution >= 0.6 is 15.9 Å². The van der Waals surface area contributed by atoms with E-state index in [1.165, 1.54) is 12.1 Å². The summed E-state index contributed by atoms with van der Waals surface area (Å²) in [6.45, 7) is 1.94. The second-order valence-corrected chi connectivity index (χ2v) is 6.46. The third-order valence-corrected chi connectivity index (χ3v) is 4.49. The summed E-state index contributed by atoms with van der Waals surface area (Å²) < 4.78 is 16.1. The number of aryl methyl sites for hydroxylation is 1. The maximum atomic E-state index is 13.2. The minimum atomic E-state index is -0.253. The molecule has 0 saturated heterocycles. The smallest absolute Gasteiger partial charge is 0.163 e. The summed E-state index contributed by atoms with van der Waals surface area (Å²) in [5, 5.41) is 4.66. The number of fused-ring (bicyclic) bond motifs is 1. The van der Waals surface area contributed by atoms with Gasteiger partial charge in [-0.25, -0.2) is 13.9 Å². The molecular formula is C19H13BrFN3. The molecule has 0 aliphatic carbocycles. The summed E-state index contributed by atoms with van der Waals surface area (Å²) in [4.78, 5) is 4.50. The normalized spacial score (nSPS) is 11.1. The van der Waals surface area contributed by atoms with Crippen molar-refractivity contribution in [3.05, 3.63) is 76.8 Å². The molecule has 0 amide bonds. The number of halogens is 2. The molecule has 4 rings (SSSR count). The van der Waals surface area contributed by atoms with Crippen LogP contribution in [0.1, 0.15) is 5.69 Å². The minimum absolute atomic E-state index is 0.253. The van der Waals surface area contributed by atoms with Gasteiger partial charge < -0.3 is 0 Å². The first-order valence-corrected chi connectivity index (χ1v) is 8.29. The lowest BCUT2D eigenvalue weighted by Gasteiger charge is -2.05. The first-order chi connectivity index (χ1) is 11.6. The lowest BCUT2D eigenvalue weighted by molar-refractivity contribution is 0.628. The summed E-state index contributed by atoms with van der Waals surface area (Å²) in [7, 11) is 0. The molecule has 0 atom stereocenters. The summed E-state index contributed by atoms with van der Waals surface area (Å²) >= 11 is 3.45. The monoisotopic (exact) mass is 381 g/mol. The maximum absolute atomic E-state index is 13.2. The van der Waals surface area contributed by atoms with Crippen molar-refractivity contribution in [1.82, 2.24) is 14.6 Å². The van der Waals surface area contributed by atoms with Gasteiger partial charge in [-0.3, -0.25) is 0 Å². The van der Waals surface area contributed by atoms with Crippen molar-refractivity contribution in [3.8, 4) is 22.4 Å². The van der Waals surface area contributed by atoms with Crippen LogP contribution in [-0.2, 0) is 0 Å². The van der Waals surface area contributed by atoms with Crippen LogP contribution in [0.4, 0.5) is 4.39 Å². The summed E-state index contributed by atoms with van der Waals surface area (Å²) in [5.41, 5.74) is 5.47. The van der Waals surface area contributed by atoms with Crippen LogP contribution < -0.4 is 0 Å². The molecule has 0 fully saturated rings.